The summed E-state index contributed by atoms with van der Waals surface area (Å²) < 4.78 is 1.37. The fraction of sp³-hybridized carbons (Fsp3) is 0.625. The van der Waals surface area contributed by atoms with Crippen molar-refractivity contribution in [3.8, 4) is 0 Å². The van der Waals surface area contributed by atoms with E-state index in [0.29, 0.717) is 16.7 Å². The Labute approximate surface area is 149 Å². The number of thioether (sulfide) groups is 1. The van der Waals surface area contributed by atoms with Crippen LogP contribution in [0.15, 0.2) is 9.98 Å². The van der Waals surface area contributed by atoms with Gasteiger partial charge < -0.3 is 5.11 Å². The number of hydrogen-bond donors (Lipinski definition) is 1. The maximum atomic E-state index is 12.6. The van der Waals surface area contributed by atoms with Crippen LogP contribution in [0, 0.1) is 11.8 Å². The second-order valence-electron chi connectivity index (χ2n) is 6.47. The minimum absolute atomic E-state index is 0.185. The molecule has 1 atom stereocenters. The lowest BCUT2D eigenvalue weighted by Crippen LogP contribution is -2.55. The lowest BCUT2D eigenvalue weighted by molar-refractivity contribution is -0.407. The van der Waals surface area contributed by atoms with Crippen LogP contribution in [-0.4, -0.2) is 69.1 Å². The highest BCUT2D eigenvalue weighted by Gasteiger charge is 2.49. The Morgan fingerprint density at radius 3 is 2.60 bits per heavy atom. The Kier molecular flexibility index (Phi) is 5.03. The number of carboxylic acid groups (broad SMARTS) is 1. The number of aliphatic imine (C=N–C) groups is 2. The van der Waals surface area contributed by atoms with Gasteiger partial charge in [0.2, 0.25) is 5.84 Å². The zero-order valence-electron chi connectivity index (χ0n) is 14.3. The van der Waals surface area contributed by atoms with Gasteiger partial charge in [0.25, 0.3) is 5.84 Å². The third kappa shape index (κ3) is 3.37. The van der Waals surface area contributed by atoms with E-state index in [1.807, 2.05) is 0 Å². The van der Waals surface area contributed by atoms with Gasteiger partial charge in [-0.3, -0.25) is 9.59 Å². The summed E-state index contributed by atoms with van der Waals surface area (Å²) in [6.45, 7) is 0. The van der Waals surface area contributed by atoms with E-state index in [-0.39, 0.29) is 11.7 Å². The molecular weight excluding hydrogens is 344 g/mol. The maximum absolute atomic E-state index is 12.6. The van der Waals surface area contributed by atoms with Crippen molar-refractivity contribution in [3.63, 3.8) is 0 Å². The van der Waals surface area contributed by atoms with Crippen LogP contribution in [0.25, 0.3) is 0 Å². The molecule has 25 heavy (non-hydrogen) atoms. The number of amidine groups is 2. The Bertz CT molecular complexity index is 722. The van der Waals surface area contributed by atoms with E-state index in [1.165, 1.54) is 18.0 Å². The van der Waals surface area contributed by atoms with Crippen LogP contribution < -0.4 is 0 Å². The Morgan fingerprint density at radius 2 is 1.96 bits per heavy atom. The van der Waals surface area contributed by atoms with Crippen LogP contribution in [0.5, 0.6) is 0 Å². The van der Waals surface area contributed by atoms with Gasteiger partial charge >= 0.3 is 17.9 Å². The number of rotatable bonds is 3. The van der Waals surface area contributed by atoms with E-state index < -0.39 is 23.8 Å². The smallest absolute Gasteiger partial charge is 0.445 e. The van der Waals surface area contributed by atoms with Crippen LogP contribution in [0.2, 0.25) is 0 Å². The molecule has 2 aliphatic heterocycles. The number of amides is 3. The van der Waals surface area contributed by atoms with Gasteiger partial charge in [-0.1, -0.05) is 36.0 Å². The summed E-state index contributed by atoms with van der Waals surface area (Å²) >= 11 is 1.03. The number of fused-ring (bicyclic) bond motifs is 1. The number of carbonyl (C=O) groups excluding carboxylic acids is 2. The van der Waals surface area contributed by atoms with Crippen molar-refractivity contribution in [1.29, 1.82) is 0 Å². The molecule has 0 spiro atoms. The minimum atomic E-state index is -0.975. The van der Waals surface area contributed by atoms with E-state index in [1.54, 1.807) is 7.05 Å². The molecule has 3 amide bonds. The van der Waals surface area contributed by atoms with Gasteiger partial charge in [0.1, 0.15) is 5.04 Å². The zero-order chi connectivity index (χ0) is 18.1. The second-order valence-corrected chi connectivity index (χ2v) is 7.46. The van der Waals surface area contributed by atoms with Crippen LogP contribution in [0.3, 0.4) is 0 Å². The molecular formula is C16H21N4O4S+. The van der Waals surface area contributed by atoms with Gasteiger partial charge in [0, 0.05) is 5.92 Å². The number of hydrogen-bond acceptors (Lipinski definition) is 6. The van der Waals surface area contributed by atoms with Crippen LogP contribution in [-0.2, 0) is 9.59 Å². The Balaban J connectivity index is 2.03. The average molecular weight is 365 g/mol. The van der Waals surface area contributed by atoms with Gasteiger partial charge in [0.05, 0.1) is 19.8 Å². The SMILES string of the molecule is CN1C(=O)C2C(SCC(=O)O)=NC(C3CCCCC3)=NC2=[N+](C)C1=O. The van der Waals surface area contributed by atoms with Gasteiger partial charge in [-0.15, -0.1) is 0 Å². The van der Waals surface area contributed by atoms with Crippen molar-refractivity contribution in [2.45, 2.75) is 32.1 Å². The molecule has 1 aliphatic carbocycles. The highest BCUT2D eigenvalue weighted by atomic mass is 32.2. The van der Waals surface area contributed by atoms with Crippen molar-refractivity contribution in [3.05, 3.63) is 0 Å². The van der Waals surface area contributed by atoms with E-state index in [2.05, 4.69) is 9.98 Å². The Hall–Kier alpha value is -2.03. The highest BCUT2D eigenvalue weighted by Crippen LogP contribution is 2.31. The fourth-order valence-electron chi connectivity index (χ4n) is 3.39. The molecule has 1 unspecified atom stereocenters. The number of urea groups is 1. The number of nitrogens with zero attached hydrogens (tertiary/aromatic N) is 4. The van der Waals surface area contributed by atoms with E-state index >= 15 is 0 Å². The topological polar surface area (TPSA) is 102 Å². The minimum Gasteiger partial charge on any atom is -0.481 e. The zero-order valence-corrected chi connectivity index (χ0v) is 15.1. The summed E-state index contributed by atoms with van der Waals surface area (Å²) in [4.78, 5) is 46.0. The molecule has 8 nitrogen and oxygen atoms in total. The van der Waals surface area contributed by atoms with E-state index in [0.717, 1.165) is 42.3 Å². The van der Waals surface area contributed by atoms with Crippen molar-refractivity contribution in [2.75, 3.05) is 19.8 Å². The molecule has 1 saturated carbocycles. The monoisotopic (exact) mass is 365 g/mol. The third-order valence-corrected chi connectivity index (χ3v) is 5.78. The molecule has 1 N–H and O–H groups in total. The largest absolute Gasteiger partial charge is 0.481 e. The third-order valence-electron chi connectivity index (χ3n) is 4.77. The van der Waals surface area contributed by atoms with Crippen molar-refractivity contribution in [2.24, 2.45) is 21.8 Å². The number of carbonyl (C=O) groups is 3. The predicted octanol–water partition coefficient (Wildman–Crippen LogP) is 1.44. The molecule has 0 bridgehead atoms. The summed E-state index contributed by atoms with van der Waals surface area (Å²) in [5.74, 6) is -1.20. The second kappa shape index (κ2) is 7.07. The first-order chi connectivity index (χ1) is 11.9. The molecule has 3 rings (SSSR count). The van der Waals surface area contributed by atoms with E-state index in [4.69, 9.17) is 5.11 Å². The predicted molar refractivity (Wildman–Crippen MR) is 94.4 cm³/mol. The van der Waals surface area contributed by atoms with Gasteiger partial charge in [-0.05, 0) is 12.8 Å². The molecule has 3 aliphatic rings. The summed E-state index contributed by atoms with van der Waals surface area (Å²) in [6, 6.07) is -0.438. The molecule has 0 aromatic heterocycles. The summed E-state index contributed by atoms with van der Waals surface area (Å²) in [7, 11) is 3.00. The number of aliphatic carboxylic acids is 1. The lowest BCUT2D eigenvalue weighted by atomic mass is 9.88. The van der Waals surface area contributed by atoms with Crippen LogP contribution in [0.1, 0.15) is 32.1 Å². The first kappa shape index (κ1) is 17.8. The van der Waals surface area contributed by atoms with E-state index in [9.17, 15) is 14.4 Å². The molecule has 0 aromatic carbocycles. The molecule has 2 heterocycles. The van der Waals surface area contributed by atoms with Crippen LogP contribution >= 0.6 is 11.8 Å². The first-order valence-electron chi connectivity index (χ1n) is 8.34. The average Bonchev–Trinajstić information content (AvgIpc) is 2.62. The number of carboxylic acids is 1. The normalized spacial score (nSPS) is 24.9. The first-order valence-corrected chi connectivity index (χ1v) is 9.32. The lowest BCUT2D eigenvalue weighted by Gasteiger charge is -2.28. The van der Waals surface area contributed by atoms with Crippen LogP contribution in [0.4, 0.5) is 4.79 Å². The Morgan fingerprint density at radius 1 is 1.28 bits per heavy atom. The highest BCUT2D eigenvalue weighted by molar-refractivity contribution is 8.14. The number of imide groups is 1. The van der Waals surface area contributed by atoms with Gasteiger partial charge in [0.15, 0.2) is 5.92 Å². The maximum Gasteiger partial charge on any atom is 0.445 e. The molecule has 0 aromatic rings. The summed E-state index contributed by atoms with van der Waals surface area (Å²) in [6.07, 6.45) is 5.35. The van der Waals surface area contributed by atoms with Crippen molar-refractivity contribution in [1.82, 2.24) is 4.90 Å². The fourth-order valence-corrected chi connectivity index (χ4v) is 4.19. The standard InChI is InChI=1S/C16H20N4O4S/c1-19-13-11(15(23)20(2)16(19)24)14(25-8-10(21)22)18-12(17-13)9-6-4-3-5-7-9/h9,11H,3-8H2,1-2H3/p+1. The van der Waals surface area contributed by atoms with Gasteiger partial charge in [-0.25, -0.2) is 9.79 Å². The van der Waals surface area contributed by atoms with Crippen molar-refractivity contribution >= 4 is 46.4 Å². The van der Waals surface area contributed by atoms with Crippen molar-refractivity contribution < 1.29 is 24.1 Å². The summed E-state index contributed by atoms with van der Waals surface area (Å²) in [5.41, 5.74) is 0. The summed E-state index contributed by atoms with van der Waals surface area (Å²) in [5, 5.41) is 9.41. The molecule has 0 radical (unpaired) electrons. The molecule has 0 saturated heterocycles. The molecule has 134 valence electrons. The molecule has 1 fully saturated rings. The quantitative estimate of drug-likeness (QED) is 0.763. The molecule has 9 heteroatoms. The van der Waals surface area contributed by atoms with Gasteiger partial charge in [-0.2, -0.15) is 9.48 Å².